The van der Waals surface area contributed by atoms with Gasteiger partial charge in [-0.15, -0.1) is 0 Å². The third-order valence-corrected chi connectivity index (χ3v) is 8.38. The molecule has 3 aromatic rings. The maximum absolute atomic E-state index is 13.3. The molecule has 2 aliphatic carbocycles. The van der Waals surface area contributed by atoms with Gasteiger partial charge in [-0.1, -0.05) is 17.2 Å². The van der Waals surface area contributed by atoms with Crippen LogP contribution in [0.15, 0.2) is 65.2 Å². The van der Waals surface area contributed by atoms with Crippen LogP contribution in [0, 0.1) is 11.2 Å². The van der Waals surface area contributed by atoms with Crippen LogP contribution in [-0.4, -0.2) is 35.3 Å². The Morgan fingerprint density at radius 3 is 2.56 bits per heavy atom. The van der Waals surface area contributed by atoms with Crippen LogP contribution in [0.2, 0.25) is 5.02 Å². The molecular formula is C24H21ClFN3O4S. The Kier molecular flexibility index (Phi) is 5.58. The van der Waals surface area contributed by atoms with Crippen molar-refractivity contribution in [1.29, 1.82) is 0 Å². The third kappa shape index (κ3) is 3.93. The first-order chi connectivity index (χ1) is 16.2. The van der Waals surface area contributed by atoms with Crippen molar-refractivity contribution in [2.24, 2.45) is 5.41 Å². The molecule has 5 rings (SSSR count). The molecule has 0 amide bonds. The highest BCUT2D eigenvalue weighted by Crippen LogP contribution is 2.48. The highest BCUT2D eigenvalue weighted by Gasteiger charge is 2.49. The third-order valence-electron chi connectivity index (χ3n) is 6.59. The Bertz CT molecular complexity index is 1400. The zero-order valence-electron chi connectivity index (χ0n) is 17.9. The smallest absolute Gasteiger partial charge is 0.314 e. The number of hydrogen-bond acceptors (Lipinski definition) is 4. The van der Waals surface area contributed by atoms with Gasteiger partial charge in [0.2, 0.25) is 10.0 Å². The van der Waals surface area contributed by atoms with E-state index in [2.05, 4.69) is 9.82 Å². The number of fused-ring (bicyclic) bond motifs is 2. The van der Waals surface area contributed by atoms with E-state index in [1.54, 1.807) is 23.0 Å². The number of nitrogens with zero attached hydrogens (tertiary/aromatic N) is 2. The summed E-state index contributed by atoms with van der Waals surface area (Å²) in [4.78, 5) is 12.6. The minimum Gasteiger partial charge on any atom is -0.481 e. The monoisotopic (exact) mass is 501 g/mol. The number of aliphatic carboxylic acids is 1. The van der Waals surface area contributed by atoms with Crippen molar-refractivity contribution >= 4 is 33.7 Å². The van der Waals surface area contributed by atoms with Crippen molar-refractivity contribution in [3.8, 4) is 5.69 Å². The van der Waals surface area contributed by atoms with Gasteiger partial charge in [0.25, 0.3) is 0 Å². The molecule has 2 N–H and O–H groups in total. The lowest BCUT2D eigenvalue weighted by molar-refractivity contribution is -0.148. The number of carboxylic acids is 1. The SMILES string of the molecule is O=C(O)[C@]12Cc3cnn(-c4ccc(F)cc4)c3C=C1CC[C@H](NS(=O)(=O)c1ccc(Cl)cc1)C2. The summed E-state index contributed by atoms with van der Waals surface area (Å²) in [5.74, 6) is -1.35. The van der Waals surface area contributed by atoms with Gasteiger partial charge in [-0.3, -0.25) is 4.79 Å². The lowest BCUT2D eigenvalue weighted by Crippen LogP contribution is -2.48. The van der Waals surface area contributed by atoms with E-state index in [0.717, 1.165) is 16.8 Å². The molecule has 7 nitrogen and oxygen atoms in total. The van der Waals surface area contributed by atoms with Crippen LogP contribution >= 0.6 is 11.6 Å². The first-order valence-corrected chi connectivity index (χ1v) is 12.6. The average Bonchev–Trinajstić information content (AvgIpc) is 3.20. The molecule has 2 aromatic carbocycles. The number of benzene rings is 2. The number of carboxylic acid groups (broad SMARTS) is 1. The first kappa shape index (κ1) is 22.8. The fourth-order valence-electron chi connectivity index (χ4n) is 4.88. The van der Waals surface area contributed by atoms with E-state index < -0.39 is 27.4 Å². The molecule has 0 unspecified atom stereocenters. The van der Waals surface area contributed by atoms with Gasteiger partial charge in [-0.2, -0.15) is 5.10 Å². The summed E-state index contributed by atoms with van der Waals surface area (Å²) in [5.41, 5.74) is 1.69. The molecule has 0 bridgehead atoms. The first-order valence-electron chi connectivity index (χ1n) is 10.7. The van der Waals surface area contributed by atoms with Gasteiger partial charge in [0, 0.05) is 11.1 Å². The van der Waals surface area contributed by atoms with Crippen LogP contribution in [0.25, 0.3) is 11.8 Å². The Balaban J connectivity index is 1.45. The van der Waals surface area contributed by atoms with E-state index in [4.69, 9.17) is 11.6 Å². The number of rotatable bonds is 5. The lowest BCUT2D eigenvalue weighted by Gasteiger charge is -2.42. The maximum Gasteiger partial charge on any atom is 0.314 e. The Hall–Kier alpha value is -3.01. The summed E-state index contributed by atoms with van der Waals surface area (Å²) in [6.07, 6.45) is 4.68. The van der Waals surface area contributed by atoms with Crippen LogP contribution in [-0.2, 0) is 21.2 Å². The molecule has 176 valence electrons. The van der Waals surface area contributed by atoms with Crippen molar-refractivity contribution in [2.45, 2.75) is 36.6 Å². The summed E-state index contributed by atoms with van der Waals surface area (Å²) in [6.45, 7) is 0. The van der Waals surface area contributed by atoms with Gasteiger partial charge in [0.1, 0.15) is 5.82 Å². The molecular weight excluding hydrogens is 481 g/mol. The molecule has 0 spiro atoms. The summed E-state index contributed by atoms with van der Waals surface area (Å²) in [7, 11) is -3.83. The Labute approximate surface area is 200 Å². The number of halogens is 2. The fraction of sp³-hybridized carbons (Fsp3) is 0.250. The van der Waals surface area contributed by atoms with Crippen molar-refractivity contribution in [3.05, 3.63) is 82.4 Å². The largest absolute Gasteiger partial charge is 0.481 e. The molecule has 34 heavy (non-hydrogen) atoms. The predicted molar refractivity (Wildman–Crippen MR) is 125 cm³/mol. The van der Waals surface area contributed by atoms with Gasteiger partial charge in [0.15, 0.2) is 0 Å². The molecule has 1 fully saturated rings. The second-order valence-electron chi connectivity index (χ2n) is 8.69. The minimum absolute atomic E-state index is 0.0779. The van der Waals surface area contributed by atoms with Gasteiger partial charge < -0.3 is 5.11 Å². The van der Waals surface area contributed by atoms with Crippen LogP contribution in [0.4, 0.5) is 4.39 Å². The highest BCUT2D eigenvalue weighted by molar-refractivity contribution is 7.89. The molecule has 0 saturated heterocycles. The zero-order valence-corrected chi connectivity index (χ0v) is 19.5. The minimum atomic E-state index is -3.83. The lowest BCUT2D eigenvalue weighted by atomic mass is 9.63. The van der Waals surface area contributed by atoms with Crippen LogP contribution in [0.5, 0.6) is 0 Å². The van der Waals surface area contributed by atoms with Gasteiger partial charge in [-0.05, 0) is 85.9 Å². The second kappa shape index (κ2) is 8.33. The van der Waals surface area contributed by atoms with E-state index in [1.165, 1.54) is 36.4 Å². The standard InChI is InChI=1S/C24H21ClFN3O4S/c25-17-2-9-21(10-3-17)34(32,33)28-19-6-1-16-11-22-15(12-24(16,13-19)23(30)31)14-27-29(22)20-7-4-18(26)5-8-20/h2-5,7-11,14,19,28H,1,6,12-13H2,(H,30,31)/t19-,24-/m0/s1. The van der Waals surface area contributed by atoms with Gasteiger partial charge in [0.05, 0.1) is 27.9 Å². The summed E-state index contributed by atoms with van der Waals surface area (Å²) in [6, 6.07) is 11.2. The molecule has 1 heterocycles. The second-order valence-corrected chi connectivity index (χ2v) is 10.8. The number of carbonyl (C=O) groups is 1. The molecule has 1 aromatic heterocycles. The van der Waals surface area contributed by atoms with E-state index >= 15 is 0 Å². The van der Waals surface area contributed by atoms with Crippen molar-refractivity contribution in [1.82, 2.24) is 14.5 Å². The van der Waals surface area contributed by atoms with Gasteiger partial charge in [-0.25, -0.2) is 22.2 Å². The Morgan fingerprint density at radius 1 is 1.18 bits per heavy atom. The number of sulfonamides is 1. The van der Waals surface area contributed by atoms with Crippen molar-refractivity contribution < 1.29 is 22.7 Å². The summed E-state index contributed by atoms with van der Waals surface area (Å²) in [5, 5.41) is 15.1. The topological polar surface area (TPSA) is 101 Å². The fourth-order valence-corrected chi connectivity index (χ4v) is 6.28. The molecule has 0 radical (unpaired) electrons. The van der Waals surface area contributed by atoms with Crippen molar-refractivity contribution in [3.63, 3.8) is 0 Å². The van der Waals surface area contributed by atoms with Crippen LogP contribution in [0.3, 0.4) is 0 Å². The Morgan fingerprint density at radius 2 is 1.88 bits per heavy atom. The number of aromatic nitrogens is 2. The van der Waals surface area contributed by atoms with E-state index in [0.29, 0.717) is 23.6 Å². The molecule has 10 heteroatoms. The molecule has 2 aliphatic rings. The van der Waals surface area contributed by atoms with E-state index in [-0.39, 0.29) is 23.6 Å². The summed E-state index contributed by atoms with van der Waals surface area (Å²) >= 11 is 5.86. The van der Waals surface area contributed by atoms with Crippen LogP contribution in [0.1, 0.15) is 30.5 Å². The van der Waals surface area contributed by atoms with E-state index in [1.807, 2.05) is 6.08 Å². The van der Waals surface area contributed by atoms with Crippen molar-refractivity contribution in [2.75, 3.05) is 0 Å². The van der Waals surface area contributed by atoms with E-state index in [9.17, 15) is 22.7 Å². The maximum atomic E-state index is 13.3. The predicted octanol–water partition coefficient (Wildman–Crippen LogP) is 4.21. The zero-order chi connectivity index (χ0) is 24.1. The number of hydrogen-bond donors (Lipinski definition) is 2. The normalized spacial score (nSPS) is 21.9. The number of nitrogens with one attached hydrogen (secondary N) is 1. The molecule has 0 aliphatic heterocycles. The average molecular weight is 502 g/mol. The quantitative estimate of drug-likeness (QED) is 0.545. The molecule has 2 atom stereocenters. The van der Waals surface area contributed by atoms with Crippen LogP contribution < -0.4 is 4.72 Å². The van der Waals surface area contributed by atoms with Gasteiger partial charge >= 0.3 is 5.97 Å². The highest BCUT2D eigenvalue weighted by atomic mass is 35.5. The summed E-state index contributed by atoms with van der Waals surface area (Å²) < 4.78 is 43.4. The molecule has 1 saturated carbocycles.